The van der Waals surface area contributed by atoms with Crippen LogP contribution in [-0.2, 0) is 6.54 Å². The Hall–Kier alpha value is -2.74. The van der Waals surface area contributed by atoms with Gasteiger partial charge in [0.2, 0.25) is 0 Å². The van der Waals surface area contributed by atoms with Crippen molar-refractivity contribution < 1.29 is 10.0 Å². The van der Waals surface area contributed by atoms with Crippen molar-refractivity contribution in [3.63, 3.8) is 0 Å². The summed E-state index contributed by atoms with van der Waals surface area (Å²) in [6, 6.07) is 7.94. The smallest absolute Gasteiger partial charge is 0.342 e. The number of nitrogens with zero attached hydrogens (tertiary/aromatic N) is 4. The molecule has 3 rings (SSSR count). The lowest BCUT2D eigenvalue weighted by molar-refractivity contribution is -0.392. The number of H-pyrrole nitrogens is 1. The van der Waals surface area contributed by atoms with Gasteiger partial charge in [0.1, 0.15) is 12.7 Å². The highest BCUT2D eigenvalue weighted by Crippen LogP contribution is 2.12. The van der Waals surface area contributed by atoms with E-state index in [1.807, 2.05) is 24.3 Å². The molecule has 8 nitrogen and oxygen atoms in total. The zero-order chi connectivity index (χ0) is 15.2. The lowest BCUT2D eigenvalue weighted by Crippen LogP contribution is -2.07. The van der Waals surface area contributed by atoms with Crippen molar-refractivity contribution in [3.05, 3.63) is 52.7 Å². The summed E-state index contributed by atoms with van der Waals surface area (Å²) < 4.78 is 1.36. The average molecular weight is 289 g/mol. The van der Waals surface area contributed by atoms with E-state index in [9.17, 15) is 10.1 Å². The maximum absolute atomic E-state index is 10.4. The minimum atomic E-state index is -0.518. The van der Waals surface area contributed by atoms with Crippen molar-refractivity contribution in [2.45, 2.75) is 13.5 Å². The molecule has 2 heterocycles. The van der Waals surface area contributed by atoms with Gasteiger partial charge >= 0.3 is 5.82 Å². The summed E-state index contributed by atoms with van der Waals surface area (Å²) in [5.41, 5.74) is 2.12. The first-order valence-electron chi connectivity index (χ1n) is 6.29. The summed E-state index contributed by atoms with van der Waals surface area (Å²) in [7, 11) is 0. The summed E-state index contributed by atoms with van der Waals surface area (Å²) in [4.78, 5) is 20.7. The second kappa shape index (κ2) is 6.62. The summed E-state index contributed by atoms with van der Waals surface area (Å²) in [5.74, 6) is 0.456. The molecule has 0 aliphatic rings. The van der Waals surface area contributed by atoms with Crippen LogP contribution in [0.3, 0.4) is 0 Å². The Labute approximate surface area is 120 Å². The number of benzene rings is 1. The van der Waals surface area contributed by atoms with Gasteiger partial charge in [-0.3, -0.25) is 0 Å². The second-order valence-electron chi connectivity index (χ2n) is 4.22. The maximum Gasteiger partial charge on any atom is 0.342 e. The van der Waals surface area contributed by atoms with E-state index < -0.39 is 4.92 Å². The van der Waals surface area contributed by atoms with Crippen molar-refractivity contribution in [3.8, 4) is 0 Å². The fourth-order valence-corrected chi connectivity index (χ4v) is 1.86. The number of aliphatic hydroxyl groups is 1. The molecule has 3 aromatic rings. The molecule has 0 amide bonds. The third-order valence-corrected chi connectivity index (χ3v) is 2.87. The molecule has 2 aromatic heterocycles. The molecule has 1 aromatic carbocycles. The third kappa shape index (κ3) is 3.42. The van der Waals surface area contributed by atoms with E-state index in [1.54, 1.807) is 13.3 Å². The van der Waals surface area contributed by atoms with Gasteiger partial charge in [-0.1, -0.05) is 12.1 Å². The van der Waals surface area contributed by atoms with Gasteiger partial charge in [-0.05, 0) is 17.1 Å². The van der Waals surface area contributed by atoms with Crippen molar-refractivity contribution in [1.82, 2.24) is 19.5 Å². The van der Waals surface area contributed by atoms with Gasteiger partial charge in [-0.25, -0.2) is 14.5 Å². The minimum Gasteiger partial charge on any atom is -0.392 e. The average Bonchev–Trinajstić information content (AvgIpc) is 3.07. The molecule has 110 valence electrons. The largest absolute Gasteiger partial charge is 0.392 e. The Morgan fingerprint density at radius 1 is 1.38 bits per heavy atom. The van der Waals surface area contributed by atoms with Crippen LogP contribution < -0.4 is 0 Å². The summed E-state index contributed by atoms with van der Waals surface area (Å²) in [6.45, 7) is 1.74. The molecule has 0 unspecified atom stereocenters. The van der Waals surface area contributed by atoms with E-state index in [-0.39, 0.29) is 19.0 Å². The van der Waals surface area contributed by atoms with E-state index in [4.69, 9.17) is 5.11 Å². The summed E-state index contributed by atoms with van der Waals surface area (Å²) in [6.07, 6.45) is 2.88. The highest BCUT2D eigenvalue weighted by atomic mass is 16.6. The monoisotopic (exact) mass is 289 g/mol. The molecular formula is C13H15N5O3. The van der Waals surface area contributed by atoms with Crippen LogP contribution in [0.4, 0.5) is 5.82 Å². The number of hydrogen-bond donors (Lipinski definition) is 2. The Morgan fingerprint density at radius 2 is 2.14 bits per heavy atom. The van der Waals surface area contributed by atoms with E-state index >= 15 is 0 Å². The highest BCUT2D eigenvalue weighted by Gasteiger charge is 2.15. The first-order chi connectivity index (χ1) is 10.1. The number of aromatic nitrogens is 4. The molecule has 0 aliphatic heterocycles. The molecule has 0 atom stereocenters. The zero-order valence-electron chi connectivity index (χ0n) is 11.4. The number of aromatic amines is 1. The van der Waals surface area contributed by atoms with Crippen LogP contribution in [0.15, 0.2) is 36.8 Å². The predicted octanol–water partition coefficient (Wildman–Crippen LogP) is 1.65. The van der Waals surface area contributed by atoms with Crippen molar-refractivity contribution >= 4 is 16.9 Å². The van der Waals surface area contributed by atoms with E-state index in [2.05, 4.69) is 15.0 Å². The van der Waals surface area contributed by atoms with Crippen molar-refractivity contribution in [2.75, 3.05) is 6.61 Å². The quantitative estimate of drug-likeness (QED) is 0.562. The number of para-hydroxylation sites is 2. The molecular weight excluding hydrogens is 274 g/mol. The first-order valence-corrected chi connectivity index (χ1v) is 6.29. The number of imidazole rings is 2. The fraction of sp³-hybridized carbons (Fsp3) is 0.231. The molecule has 0 spiro atoms. The number of aryl methyl sites for hydroxylation is 1. The lowest BCUT2D eigenvalue weighted by atomic mass is 10.3. The Kier molecular flexibility index (Phi) is 4.62. The molecule has 0 radical (unpaired) electrons. The van der Waals surface area contributed by atoms with Gasteiger partial charge in [0, 0.05) is 6.92 Å². The van der Waals surface area contributed by atoms with Crippen molar-refractivity contribution in [2.24, 2.45) is 0 Å². The SMILES string of the molecule is Cc1ncc([N+](=O)[O-])n1CCO.c1ccc2[nH]cnc2c1. The van der Waals surface area contributed by atoms with Gasteiger partial charge in [0.05, 0.1) is 24.0 Å². The lowest BCUT2D eigenvalue weighted by Gasteiger charge is -1.98. The number of nitro groups is 1. The van der Waals surface area contributed by atoms with E-state index in [0.29, 0.717) is 5.82 Å². The number of hydrogen-bond acceptors (Lipinski definition) is 5. The zero-order valence-corrected chi connectivity index (χ0v) is 11.4. The second-order valence-corrected chi connectivity index (χ2v) is 4.22. The summed E-state index contributed by atoms with van der Waals surface area (Å²) >= 11 is 0. The van der Waals surface area contributed by atoms with Crippen LogP contribution in [-0.4, -0.2) is 36.2 Å². The van der Waals surface area contributed by atoms with Gasteiger partial charge < -0.3 is 20.2 Å². The van der Waals surface area contributed by atoms with E-state index in [0.717, 1.165) is 11.0 Å². The Morgan fingerprint density at radius 3 is 2.81 bits per heavy atom. The molecule has 8 heteroatoms. The van der Waals surface area contributed by atoms with Gasteiger partial charge in [-0.2, -0.15) is 0 Å². The standard InChI is InChI=1S/C7H6N2.C6H9N3O3/c1-2-4-7-6(3-1)8-5-9-7;1-5-7-4-6(9(11)12)8(5)2-3-10/h1-5H,(H,8,9);4,10H,2-3H2,1H3. The van der Waals surface area contributed by atoms with Gasteiger partial charge in [-0.15, -0.1) is 0 Å². The molecule has 0 bridgehead atoms. The molecule has 0 saturated heterocycles. The molecule has 0 aliphatic carbocycles. The highest BCUT2D eigenvalue weighted by molar-refractivity contribution is 5.73. The number of fused-ring (bicyclic) bond motifs is 1. The number of rotatable bonds is 3. The predicted molar refractivity (Wildman–Crippen MR) is 76.8 cm³/mol. The van der Waals surface area contributed by atoms with Crippen molar-refractivity contribution in [1.29, 1.82) is 0 Å². The van der Waals surface area contributed by atoms with Crippen LogP contribution in [0.1, 0.15) is 5.82 Å². The minimum absolute atomic E-state index is 0.0819. The molecule has 2 N–H and O–H groups in total. The van der Waals surface area contributed by atoms with Gasteiger partial charge in [0.15, 0.2) is 5.82 Å². The van der Waals surface area contributed by atoms with E-state index in [1.165, 1.54) is 10.8 Å². The summed E-state index contributed by atoms with van der Waals surface area (Å²) in [5, 5.41) is 19.0. The Balaban J connectivity index is 0.000000159. The Bertz CT molecular complexity index is 704. The number of aliphatic hydroxyl groups excluding tert-OH is 1. The maximum atomic E-state index is 10.4. The van der Waals surface area contributed by atoms with Crippen LogP contribution in [0.25, 0.3) is 11.0 Å². The van der Waals surface area contributed by atoms with Crippen LogP contribution in [0, 0.1) is 17.0 Å². The normalized spacial score (nSPS) is 10.2. The number of nitrogens with one attached hydrogen (secondary N) is 1. The topological polar surface area (TPSA) is 110 Å². The molecule has 21 heavy (non-hydrogen) atoms. The van der Waals surface area contributed by atoms with Gasteiger partial charge in [0.25, 0.3) is 0 Å². The van der Waals surface area contributed by atoms with Crippen LogP contribution in [0.2, 0.25) is 0 Å². The molecule has 0 saturated carbocycles. The van der Waals surface area contributed by atoms with Crippen LogP contribution in [0.5, 0.6) is 0 Å². The third-order valence-electron chi connectivity index (χ3n) is 2.87. The molecule has 0 fully saturated rings. The fourth-order valence-electron chi connectivity index (χ4n) is 1.86. The van der Waals surface area contributed by atoms with Crippen LogP contribution >= 0.6 is 0 Å². The first kappa shape index (κ1) is 14.7.